The molecule has 6 heteroatoms. The van der Waals surface area contributed by atoms with E-state index >= 15 is 0 Å². The van der Waals surface area contributed by atoms with Crippen LogP contribution in [-0.2, 0) is 9.47 Å². The standard InChI is InChI=1S/C16H26N2O4/c1-11-5-6-15(22-11)14(7-8-20-4)17-16(19)18-9-12(2)21-13(3)10-18/h5-6,12-14H,7-10H2,1-4H3,(H,17,19)/t12-,13-,14+/m1/s1. The number of hydrogen-bond donors (Lipinski definition) is 1. The van der Waals surface area contributed by atoms with Crippen LogP contribution in [0.2, 0.25) is 0 Å². The SMILES string of the molecule is COCC[C@H](NC(=O)N1C[C@@H](C)O[C@H](C)C1)c1ccc(C)o1. The number of furan rings is 1. The molecule has 2 amide bonds. The molecule has 1 aliphatic rings. The molecule has 0 radical (unpaired) electrons. The van der Waals surface area contributed by atoms with E-state index in [0.29, 0.717) is 26.1 Å². The van der Waals surface area contributed by atoms with Gasteiger partial charge in [0.05, 0.1) is 18.2 Å². The third-order valence-electron chi connectivity index (χ3n) is 3.72. The highest BCUT2D eigenvalue weighted by Crippen LogP contribution is 2.20. The van der Waals surface area contributed by atoms with E-state index in [1.165, 1.54) is 0 Å². The van der Waals surface area contributed by atoms with Crippen molar-refractivity contribution < 1.29 is 18.7 Å². The summed E-state index contributed by atoms with van der Waals surface area (Å²) < 4.78 is 16.5. The summed E-state index contributed by atoms with van der Waals surface area (Å²) in [5.74, 6) is 1.59. The average molecular weight is 310 g/mol. The van der Waals surface area contributed by atoms with Crippen molar-refractivity contribution in [3.05, 3.63) is 23.7 Å². The van der Waals surface area contributed by atoms with Gasteiger partial charge in [-0.25, -0.2) is 4.79 Å². The summed E-state index contributed by atoms with van der Waals surface area (Å²) in [5.41, 5.74) is 0. The van der Waals surface area contributed by atoms with Gasteiger partial charge in [0.25, 0.3) is 0 Å². The summed E-state index contributed by atoms with van der Waals surface area (Å²) in [5, 5.41) is 3.05. The maximum Gasteiger partial charge on any atom is 0.318 e. The highest BCUT2D eigenvalue weighted by molar-refractivity contribution is 5.74. The number of methoxy groups -OCH3 is 1. The molecule has 2 rings (SSSR count). The molecule has 0 spiro atoms. The molecule has 124 valence electrons. The van der Waals surface area contributed by atoms with E-state index in [4.69, 9.17) is 13.9 Å². The van der Waals surface area contributed by atoms with E-state index in [1.54, 1.807) is 12.0 Å². The fraction of sp³-hybridized carbons (Fsp3) is 0.688. The molecular weight excluding hydrogens is 284 g/mol. The van der Waals surface area contributed by atoms with Gasteiger partial charge in [0, 0.05) is 26.8 Å². The maximum absolute atomic E-state index is 12.5. The first-order valence-electron chi connectivity index (χ1n) is 7.75. The van der Waals surface area contributed by atoms with Crippen LogP contribution in [0.4, 0.5) is 4.79 Å². The van der Waals surface area contributed by atoms with E-state index in [2.05, 4.69) is 5.32 Å². The van der Waals surface area contributed by atoms with Gasteiger partial charge < -0.3 is 24.1 Å². The molecule has 1 aromatic heterocycles. The molecular formula is C16H26N2O4. The molecule has 1 aliphatic heterocycles. The molecule has 0 saturated carbocycles. The third kappa shape index (κ3) is 4.48. The minimum atomic E-state index is -0.186. The summed E-state index contributed by atoms with van der Waals surface area (Å²) >= 11 is 0. The Kier molecular flexibility index (Phi) is 5.85. The Bertz CT molecular complexity index is 478. The number of nitrogens with zero attached hydrogens (tertiary/aromatic N) is 1. The zero-order valence-electron chi connectivity index (χ0n) is 13.8. The van der Waals surface area contributed by atoms with Crippen LogP contribution in [0.15, 0.2) is 16.5 Å². The number of carbonyl (C=O) groups excluding carboxylic acids is 1. The molecule has 0 aromatic carbocycles. The fourth-order valence-electron chi connectivity index (χ4n) is 2.75. The predicted octanol–water partition coefficient (Wildman–Crippen LogP) is 2.48. The Balaban J connectivity index is 2.01. The van der Waals surface area contributed by atoms with Gasteiger partial charge in [-0.3, -0.25) is 0 Å². The number of morpholine rings is 1. The molecule has 22 heavy (non-hydrogen) atoms. The molecule has 1 aromatic rings. The van der Waals surface area contributed by atoms with Gasteiger partial charge in [0.2, 0.25) is 0 Å². The maximum atomic E-state index is 12.5. The van der Waals surface area contributed by atoms with Gasteiger partial charge in [0.15, 0.2) is 0 Å². The lowest BCUT2D eigenvalue weighted by molar-refractivity contribution is -0.0549. The number of amides is 2. The van der Waals surface area contributed by atoms with Gasteiger partial charge in [-0.05, 0) is 39.3 Å². The lowest BCUT2D eigenvalue weighted by Gasteiger charge is -2.36. The van der Waals surface area contributed by atoms with Crippen LogP contribution in [0.5, 0.6) is 0 Å². The molecule has 1 saturated heterocycles. The molecule has 0 bridgehead atoms. The van der Waals surface area contributed by atoms with Crippen LogP contribution in [0, 0.1) is 6.92 Å². The van der Waals surface area contributed by atoms with Crippen molar-refractivity contribution in [2.45, 2.75) is 45.4 Å². The summed E-state index contributed by atoms with van der Waals surface area (Å²) in [6.45, 7) is 7.61. The van der Waals surface area contributed by atoms with Gasteiger partial charge in [-0.15, -0.1) is 0 Å². The monoisotopic (exact) mass is 310 g/mol. The van der Waals surface area contributed by atoms with Gasteiger partial charge in [-0.1, -0.05) is 0 Å². The lowest BCUT2D eigenvalue weighted by atomic mass is 10.1. The Morgan fingerprint density at radius 1 is 1.41 bits per heavy atom. The summed E-state index contributed by atoms with van der Waals surface area (Å²) in [7, 11) is 1.65. The van der Waals surface area contributed by atoms with E-state index in [0.717, 1.165) is 11.5 Å². The number of nitrogens with one attached hydrogen (secondary N) is 1. The molecule has 6 nitrogen and oxygen atoms in total. The van der Waals surface area contributed by atoms with Crippen LogP contribution in [0.1, 0.15) is 37.8 Å². The Hall–Kier alpha value is -1.53. The first kappa shape index (κ1) is 16.8. The highest BCUT2D eigenvalue weighted by Gasteiger charge is 2.28. The first-order chi connectivity index (χ1) is 10.5. The van der Waals surface area contributed by atoms with Gasteiger partial charge in [-0.2, -0.15) is 0 Å². The second kappa shape index (κ2) is 7.65. The zero-order chi connectivity index (χ0) is 16.1. The van der Waals surface area contributed by atoms with Crippen LogP contribution in [0.25, 0.3) is 0 Å². The summed E-state index contributed by atoms with van der Waals surface area (Å²) in [4.78, 5) is 14.3. The number of carbonyl (C=O) groups is 1. The van der Waals surface area contributed by atoms with Crippen molar-refractivity contribution in [2.75, 3.05) is 26.8 Å². The molecule has 3 atom stereocenters. The third-order valence-corrected chi connectivity index (χ3v) is 3.72. The highest BCUT2D eigenvalue weighted by atomic mass is 16.5. The van der Waals surface area contributed by atoms with Crippen molar-refractivity contribution in [3.8, 4) is 0 Å². The second-order valence-electron chi connectivity index (χ2n) is 5.89. The van der Waals surface area contributed by atoms with E-state index in [-0.39, 0.29) is 24.3 Å². The second-order valence-corrected chi connectivity index (χ2v) is 5.89. The molecule has 0 aliphatic carbocycles. The number of ether oxygens (including phenoxy) is 2. The normalized spacial score (nSPS) is 23.4. The van der Waals surface area contributed by atoms with Crippen molar-refractivity contribution in [2.24, 2.45) is 0 Å². The quantitative estimate of drug-likeness (QED) is 0.907. The fourth-order valence-corrected chi connectivity index (χ4v) is 2.75. The molecule has 0 unspecified atom stereocenters. The van der Waals surface area contributed by atoms with Crippen LogP contribution in [0.3, 0.4) is 0 Å². The lowest BCUT2D eigenvalue weighted by Crippen LogP contribution is -2.52. The molecule has 1 N–H and O–H groups in total. The number of urea groups is 1. The number of hydrogen-bond acceptors (Lipinski definition) is 4. The van der Waals surface area contributed by atoms with Crippen LogP contribution in [-0.4, -0.2) is 49.9 Å². The zero-order valence-corrected chi connectivity index (χ0v) is 13.8. The minimum absolute atomic E-state index is 0.0535. The van der Waals surface area contributed by atoms with E-state index in [9.17, 15) is 4.79 Å². The van der Waals surface area contributed by atoms with Crippen molar-refractivity contribution in [1.29, 1.82) is 0 Å². The summed E-state index contributed by atoms with van der Waals surface area (Å²) in [6, 6.07) is 3.53. The van der Waals surface area contributed by atoms with Crippen LogP contribution < -0.4 is 5.32 Å². The molecule has 1 fully saturated rings. The van der Waals surface area contributed by atoms with Gasteiger partial charge in [0.1, 0.15) is 11.5 Å². The van der Waals surface area contributed by atoms with Crippen LogP contribution >= 0.6 is 0 Å². The molecule has 2 heterocycles. The topological polar surface area (TPSA) is 63.9 Å². The average Bonchev–Trinajstić information content (AvgIpc) is 2.88. The Morgan fingerprint density at radius 2 is 2.09 bits per heavy atom. The Labute approximate surface area is 131 Å². The van der Waals surface area contributed by atoms with Gasteiger partial charge >= 0.3 is 6.03 Å². The van der Waals surface area contributed by atoms with Crippen molar-refractivity contribution in [1.82, 2.24) is 10.2 Å². The first-order valence-corrected chi connectivity index (χ1v) is 7.75. The largest absolute Gasteiger partial charge is 0.464 e. The van der Waals surface area contributed by atoms with Crippen molar-refractivity contribution >= 4 is 6.03 Å². The van der Waals surface area contributed by atoms with E-state index < -0.39 is 0 Å². The smallest absolute Gasteiger partial charge is 0.318 e. The number of rotatable bonds is 5. The van der Waals surface area contributed by atoms with E-state index in [1.807, 2.05) is 32.9 Å². The Morgan fingerprint density at radius 3 is 2.64 bits per heavy atom. The predicted molar refractivity (Wildman–Crippen MR) is 82.8 cm³/mol. The minimum Gasteiger partial charge on any atom is -0.464 e. The summed E-state index contributed by atoms with van der Waals surface area (Å²) in [6.07, 6.45) is 0.778. The van der Waals surface area contributed by atoms with Crippen molar-refractivity contribution in [3.63, 3.8) is 0 Å². The number of aryl methyl sites for hydroxylation is 1.